The molecule has 0 saturated heterocycles. The van der Waals surface area contributed by atoms with Gasteiger partial charge in [0.25, 0.3) is 0 Å². The number of aliphatic hydroxyl groups excluding tert-OH is 1. The second-order valence-corrected chi connectivity index (χ2v) is 6.13. The van der Waals surface area contributed by atoms with E-state index in [1.54, 1.807) is 26.5 Å². The van der Waals surface area contributed by atoms with Gasteiger partial charge < -0.3 is 25.2 Å². The van der Waals surface area contributed by atoms with Crippen molar-refractivity contribution >= 4 is 17.5 Å². The summed E-state index contributed by atoms with van der Waals surface area (Å²) in [6.45, 7) is 1.81. The first-order valence-corrected chi connectivity index (χ1v) is 8.79. The first-order valence-electron chi connectivity index (χ1n) is 8.79. The summed E-state index contributed by atoms with van der Waals surface area (Å²) in [5, 5.41) is 15.7. The van der Waals surface area contributed by atoms with Crippen molar-refractivity contribution in [3.8, 4) is 22.9 Å². The van der Waals surface area contributed by atoms with E-state index in [-0.39, 0.29) is 12.6 Å². The van der Waals surface area contributed by atoms with Crippen LogP contribution in [0.25, 0.3) is 11.4 Å². The molecule has 0 saturated carbocycles. The second kappa shape index (κ2) is 9.01. The van der Waals surface area contributed by atoms with E-state index in [1.807, 2.05) is 43.3 Å². The highest BCUT2D eigenvalue weighted by Gasteiger charge is 2.11. The molecule has 8 heteroatoms. The maximum atomic E-state index is 9.33. The Morgan fingerprint density at radius 3 is 2.36 bits per heavy atom. The first-order chi connectivity index (χ1) is 13.6. The molecule has 3 rings (SSSR count). The summed E-state index contributed by atoms with van der Waals surface area (Å²) >= 11 is 0. The van der Waals surface area contributed by atoms with Crippen molar-refractivity contribution in [1.82, 2.24) is 15.0 Å². The van der Waals surface area contributed by atoms with Gasteiger partial charge in [-0.05, 0) is 19.1 Å². The van der Waals surface area contributed by atoms with Crippen LogP contribution in [-0.4, -0.2) is 46.9 Å². The van der Waals surface area contributed by atoms with Crippen molar-refractivity contribution in [3.63, 3.8) is 0 Å². The highest BCUT2D eigenvalue weighted by atomic mass is 16.5. The van der Waals surface area contributed by atoms with Crippen LogP contribution in [0.3, 0.4) is 0 Å². The van der Waals surface area contributed by atoms with E-state index >= 15 is 0 Å². The lowest BCUT2D eigenvalue weighted by atomic mass is 10.2. The topological polar surface area (TPSA) is 101 Å². The number of hydrogen-bond donors (Lipinski definition) is 3. The number of anilines is 3. The molecular formula is C20H23N5O3. The lowest BCUT2D eigenvalue weighted by Crippen LogP contribution is -2.21. The van der Waals surface area contributed by atoms with E-state index in [9.17, 15) is 5.11 Å². The van der Waals surface area contributed by atoms with E-state index < -0.39 is 0 Å². The molecule has 3 N–H and O–H groups in total. The van der Waals surface area contributed by atoms with Crippen molar-refractivity contribution in [2.24, 2.45) is 0 Å². The van der Waals surface area contributed by atoms with Crippen LogP contribution in [-0.2, 0) is 0 Å². The minimum absolute atomic E-state index is 0.0347. The smallest absolute Gasteiger partial charge is 0.225 e. The number of rotatable bonds is 8. The molecule has 2 heterocycles. The molecule has 0 unspecified atom stereocenters. The third kappa shape index (κ3) is 4.86. The predicted octanol–water partition coefficient (Wildman–Crippen LogP) is 3.09. The molecule has 0 bridgehead atoms. The molecule has 0 spiro atoms. The number of hydrogen-bond acceptors (Lipinski definition) is 8. The van der Waals surface area contributed by atoms with Gasteiger partial charge in [0.1, 0.15) is 17.3 Å². The zero-order valence-corrected chi connectivity index (χ0v) is 16.0. The Kier molecular flexibility index (Phi) is 6.23. The van der Waals surface area contributed by atoms with Crippen LogP contribution >= 0.6 is 0 Å². The van der Waals surface area contributed by atoms with Gasteiger partial charge in [0.15, 0.2) is 0 Å². The Balaban J connectivity index is 1.98. The van der Waals surface area contributed by atoms with Crippen molar-refractivity contribution in [1.29, 1.82) is 0 Å². The molecule has 146 valence electrons. The van der Waals surface area contributed by atoms with Crippen molar-refractivity contribution in [2.45, 2.75) is 13.0 Å². The van der Waals surface area contributed by atoms with Crippen LogP contribution in [0.4, 0.5) is 17.5 Å². The summed E-state index contributed by atoms with van der Waals surface area (Å²) in [4.78, 5) is 13.4. The van der Waals surface area contributed by atoms with Crippen LogP contribution in [0.2, 0.25) is 0 Å². The minimum atomic E-state index is -0.191. The molecule has 0 aliphatic heterocycles. The van der Waals surface area contributed by atoms with Crippen molar-refractivity contribution < 1.29 is 14.6 Å². The minimum Gasteiger partial charge on any atom is -0.497 e. The van der Waals surface area contributed by atoms with Crippen LogP contribution in [0.15, 0.2) is 48.7 Å². The molecule has 1 atom stereocenters. The number of methoxy groups -OCH3 is 2. The van der Waals surface area contributed by atoms with Gasteiger partial charge in [0.2, 0.25) is 5.95 Å². The molecule has 0 radical (unpaired) electrons. The molecule has 8 nitrogen and oxygen atoms in total. The molecule has 0 aliphatic rings. The van der Waals surface area contributed by atoms with Gasteiger partial charge in [-0.15, -0.1) is 0 Å². The number of nitrogens with zero attached hydrogens (tertiary/aromatic N) is 3. The average Bonchev–Trinajstić information content (AvgIpc) is 2.73. The molecule has 2 aromatic heterocycles. The zero-order chi connectivity index (χ0) is 19.9. The highest BCUT2D eigenvalue weighted by molar-refractivity contribution is 5.67. The van der Waals surface area contributed by atoms with Gasteiger partial charge in [-0.2, -0.15) is 4.98 Å². The lowest BCUT2D eigenvalue weighted by Gasteiger charge is -2.15. The summed E-state index contributed by atoms with van der Waals surface area (Å²) < 4.78 is 10.6. The maximum absolute atomic E-state index is 9.33. The number of pyridine rings is 1. The summed E-state index contributed by atoms with van der Waals surface area (Å²) in [5.41, 5.74) is 2.12. The second-order valence-electron chi connectivity index (χ2n) is 6.13. The largest absolute Gasteiger partial charge is 0.497 e. The standard InChI is InChI=1S/C20H23N5O3/c1-13(12-26)22-20-24-18(17-6-4-5-7-21-17)11-19(25-20)23-14-8-15(27-2)10-16(9-14)28-3/h4-11,13,26H,12H2,1-3H3,(H2,22,23,24,25)/t13-/m1/s1. The van der Waals surface area contributed by atoms with E-state index in [4.69, 9.17) is 9.47 Å². The van der Waals surface area contributed by atoms with Gasteiger partial charge in [-0.25, -0.2) is 4.98 Å². The normalized spacial score (nSPS) is 11.6. The van der Waals surface area contributed by atoms with Gasteiger partial charge in [-0.1, -0.05) is 6.07 Å². The number of benzene rings is 1. The van der Waals surface area contributed by atoms with Gasteiger partial charge in [-0.3, -0.25) is 4.98 Å². The third-order valence-electron chi connectivity index (χ3n) is 3.93. The quantitative estimate of drug-likeness (QED) is 0.547. The Morgan fingerprint density at radius 2 is 1.75 bits per heavy atom. The fourth-order valence-corrected chi connectivity index (χ4v) is 2.51. The van der Waals surface area contributed by atoms with E-state index in [2.05, 4.69) is 25.6 Å². The van der Waals surface area contributed by atoms with E-state index in [1.165, 1.54) is 0 Å². The molecule has 0 aliphatic carbocycles. The summed E-state index contributed by atoms with van der Waals surface area (Å²) in [7, 11) is 3.20. The summed E-state index contributed by atoms with van der Waals surface area (Å²) in [6.07, 6.45) is 1.71. The highest BCUT2D eigenvalue weighted by Crippen LogP contribution is 2.29. The van der Waals surface area contributed by atoms with Crippen molar-refractivity contribution in [3.05, 3.63) is 48.7 Å². The molecule has 0 fully saturated rings. The molecule has 28 heavy (non-hydrogen) atoms. The van der Waals surface area contributed by atoms with Crippen LogP contribution in [0.5, 0.6) is 11.5 Å². The Labute approximate surface area is 163 Å². The fraction of sp³-hybridized carbons (Fsp3) is 0.250. The van der Waals surface area contributed by atoms with Gasteiger partial charge >= 0.3 is 0 Å². The third-order valence-corrected chi connectivity index (χ3v) is 3.93. The summed E-state index contributed by atoms with van der Waals surface area (Å²) in [6, 6.07) is 12.7. The Hall–Kier alpha value is -3.39. The number of ether oxygens (including phenoxy) is 2. The maximum Gasteiger partial charge on any atom is 0.225 e. The molecule has 0 amide bonds. The summed E-state index contributed by atoms with van der Waals surface area (Å²) in [5.74, 6) is 2.28. The van der Waals surface area contributed by atoms with Gasteiger partial charge in [0.05, 0.1) is 32.2 Å². The first kappa shape index (κ1) is 19.4. The average molecular weight is 381 g/mol. The van der Waals surface area contributed by atoms with E-state index in [0.717, 1.165) is 11.4 Å². The SMILES string of the molecule is COc1cc(Nc2cc(-c3ccccn3)nc(N[C@H](C)CO)n2)cc(OC)c1. The zero-order valence-electron chi connectivity index (χ0n) is 16.0. The molecular weight excluding hydrogens is 358 g/mol. The lowest BCUT2D eigenvalue weighted by molar-refractivity contribution is 0.281. The number of aromatic nitrogens is 3. The number of nitrogens with one attached hydrogen (secondary N) is 2. The van der Waals surface area contributed by atoms with Crippen LogP contribution in [0.1, 0.15) is 6.92 Å². The number of aliphatic hydroxyl groups is 1. The van der Waals surface area contributed by atoms with E-state index in [0.29, 0.717) is 29.0 Å². The fourth-order valence-electron chi connectivity index (χ4n) is 2.51. The van der Waals surface area contributed by atoms with Gasteiger partial charge in [0, 0.05) is 42.2 Å². The van der Waals surface area contributed by atoms with Crippen molar-refractivity contribution in [2.75, 3.05) is 31.5 Å². The van der Waals surface area contributed by atoms with Crippen LogP contribution in [0, 0.1) is 0 Å². The Bertz CT molecular complexity index is 899. The molecule has 1 aromatic carbocycles. The Morgan fingerprint density at radius 1 is 1.00 bits per heavy atom. The predicted molar refractivity (Wildman–Crippen MR) is 108 cm³/mol. The van der Waals surface area contributed by atoms with Crippen LogP contribution < -0.4 is 20.1 Å². The molecule has 3 aromatic rings. The monoisotopic (exact) mass is 381 g/mol.